The molecule has 0 N–H and O–H groups in total. The minimum absolute atomic E-state index is 0.100. The van der Waals surface area contributed by atoms with Crippen molar-refractivity contribution >= 4 is 11.6 Å². The van der Waals surface area contributed by atoms with Crippen LogP contribution in [-0.2, 0) is 16.1 Å². The Kier molecular flexibility index (Phi) is 9.01. The molecule has 0 aliphatic carbocycles. The fraction of sp³-hybridized carbons (Fsp3) is 0.500. The van der Waals surface area contributed by atoms with Gasteiger partial charge in [0.1, 0.15) is 5.75 Å². The molecule has 2 aromatic rings. The summed E-state index contributed by atoms with van der Waals surface area (Å²) in [4.78, 5) is 28.3. The summed E-state index contributed by atoms with van der Waals surface area (Å²) >= 11 is 0. The standard InChI is InChI=1S/C26H35N3O5/c1-19(2)26(30)28(12-13-33-3)17-22-16-27(15-21-8-5-6-11-25(21)29(31)32)18-24(22)20-9-7-10-23(14-20)34-4/h5-11,14,19,22,24H,12-13,15-18H2,1-4H3/t22-,24+/m0/s1. The van der Waals surface area contributed by atoms with Crippen LogP contribution in [0.25, 0.3) is 0 Å². The second-order valence-electron chi connectivity index (χ2n) is 9.15. The number of rotatable bonds is 11. The normalized spacial score (nSPS) is 18.3. The van der Waals surface area contributed by atoms with Crippen molar-refractivity contribution in [3.8, 4) is 5.75 Å². The second kappa shape index (κ2) is 11.9. The smallest absolute Gasteiger partial charge is 0.273 e. The number of hydrogen-bond acceptors (Lipinski definition) is 6. The van der Waals surface area contributed by atoms with Gasteiger partial charge in [0.2, 0.25) is 5.91 Å². The molecule has 184 valence electrons. The number of nitro benzene ring substituents is 1. The van der Waals surface area contributed by atoms with E-state index < -0.39 is 0 Å². The molecular weight excluding hydrogens is 434 g/mol. The summed E-state index contributed by atoms with van der Waals surface area (Å²) in [5.74, 6) is 1.15. The molecule has 0 spiro atoms. The number of hydrogen-bond donors (Lipinski definition) is 0. The Labute approximate surface area is 201 Å². The van der Waals surface area contributed by atoms with Gasteiger partial charge >= 0.3 is 0 Å². The summed E-state index contributed by atoms with van der Waals surface area (Å²) < 4.78 is 10.7. The first-order chi connectivity index (χ1) is 16.3. The highest BCUT2D eigenvalue weighted by molar-refractivity contribution is 5.78. The lowest BCUT2D eigenvalue weighted by Crippen LogP contribution is -2.41. The third-order valence-electron chi connectivity index (χ3n) is 6.45. The number of carbonyl (C=O) groups excluding carboxylic acids is 1. The molecule has 1 aliphatic rings. The third kappa shape index (κ3) is 6.33. The highest BCUT2D eigenvalue weighted by atomic mass is 16.6. The molecule has 1 fully saturated rings. The quantitative estimate of drug-likeness (QED) is 0.366. The van der Waals surface area contributed by atoms with Crippen molar-refractivity contribution in [1.29, 1.82) is 0 Å². The fourth-order valence-electron chi connectivity index (χ4n) is 4.73. The van der Waals surface area contributed by atoms with E-state index in [2.05, 4.69) is 17.0 Å². The van der Waals surface area contributed by atoms with Gasteiger partial charge in [-0.1, -0.05) is 44.2 Å². The van der Waals surface area contributed by atoms with Crippen LogP contribution in [0.3, 0.4) is 0 Å². The van der Waals surface area contributed by atoms with E-state index >= 15 is 0 Å². The highest BCUT2D eigenvalue weighted by Crippen LogP contribution is 2.36. The first-order valence-corrected chi connectivity index (χ1v) is 11.7. The predicted octanol–water partition coefficient (Wildman–Crippen LogP) is 3.95. The molecule has 0 saturated carbocycles. The van der Waals surface area contributed by atoms with E-state index in [9.17, 15) is 14.9 Å². The molecule has 0 radical (unpaired) electrons. The minimum atomic E-state index is -0.323. The zero-order valence-electron chi connectivity index (χ0n) is 20.5. The van der Waals surface area contributed by atoms with Crippen molar-refractivity contribution in [2.75, 3.05) is 47.0 Å². The van der Waals surface area contributed by atoms with Gasteiger partial charge in [0.25, 0.3) is 5.69 Å². The van der Waals surface area contributed by atoms with Gasteiger partial charge in [-0.15, -0.1) is 0 Å². The molecule has 1 aliphatic heterocycles. The van der Waals surface area contributed by atoms with E-state index in [1.807, 2.05) is 43.0 Å². The van der Waals surface area contributed by atoms with Gasteiger partial charge in [0, 0.05) is 63.3 Å². The first-order valence-electron chi connectivity index (χ1n) is 11.7. The van der Waals surface area contributed by atoms with Crippen LogP contribution in [0.2, 0.25) is 0 Å². The van der Waals surface area contributed by atoms with Crippen LogP contribution in [-0.4, -0.2) is 67.6 Å². The van der Waals surface area contributed by atoms with E-state index in [0.717, 1.165) is 24.4 Å². The Balaban J connectivity index is 1.87. The predicted molar refractivity (Wildman–Crippen MR) is 131 cm³/mol. The highest BCUT2D eigenvalue weighted by Gasteiger charge is 2.36. The molecule has 1 amide bonds. The summed E-state index contributed by atoms with van der Waals surface area (Å²) in [6.45, 7) is 7.43. The van der Waals surface area contributed by atoms with Crippen molar-refractivity contribution in [2.24, 2.45) is 11.8 Å². The molecule has 0 aromatic heterocycles. The van der Waals surface area contributed by atoms with Crippen LogP contribution >= 0.6 is 0 Å². The molecule has 3 rings (SSSR count). The van der Waals surface area contributed by atoms with E-state index in [0.29, 0.717) is 31.8 Å². The molecule has 1 saturated heterocycles. The number of para-hydroxylation sites is 1. The minimum Gasteiger partial charge on any atom is -0.497 e. The zero-order valence-corrected chi connectivity index (χ0v) is 20.5. The Morgan fingerprint density at radius 1 is 1.18 bits per heavy atom. The van der Waals surface area contributed by atoms with E-state index in [1.165, 1.54) is 0 Å². The van der Waals surface area contributed by atoms with Gasteiger partial charge < -0.3 is 14.4 Å². The van der Waals surface area contributed by atoms with Crippen LogP contribution in [0.4, 0.5) is 5.69 Å². The van der Waals surface area contributed by atoms with Crippen LogP contribution in [0.1, 0.15) is 30.9 Å². The van der Waals surface area contributed by atoms with Crippen molar-refractivity contribution in [2.45, 2.75) is 26.3 Å². The van der Waals surface area contributed by atoms with Gasteiger partial charge in [0.15, 0.2) is 0 Å². The monoisotopic (exact) mass is 469 g/mol. The average molecular weight is 470 g/mol. The number of nitrogens with zero attached hydrogens (tertiary/aromatic N) is 3. The van der Waals surface area contributed by atoms with E-state index in [4.69, 9.17) is 9.47 Å². The number of amides is 1. The van der Waals surface area contributed by atoms with Crippen LogP contribution in [0, 0.1) is 22.0 Å². The van der Waals surface area contributed by atoms with Gasteiger partial charge in [-0.3, -0.25) is 19.8 Å². The molecule has 8 nitrogen and oxygen atoms in total. The maximum absolute atomic E-state index is 12.9. The molecule has 2 aromatic carbocycles. The number of benzene rings is 2. The van der Waals surface area contributed by atoms with Gasteiger partial charge in [-0.25, -0.2) is 0 Å². The maximum atomic E-state index is 12.9. The maximum Gasteiger partial charge on any atom is 0.273 e. The Hall–Kier alpha value is -2.97. The van der Waals surface area contributed by atoms with Crippen molar-refractivity contribution in [1.82, 2.24) is 9.80 Å². The fourth-order valence-corrected chi connectivity index (χ4v) is 4.73. The number of methoxy groups -OCH3 is 2. The first kappa shape index (κ1) is 25.6. The molecule has 0 unspecified atom stereocenters. The Bertz CT molecular complexity index is 980. The topological polar surface area (TPSA) is 85.2 Å². The lowest BCUT2D eigenvalue weighted by Gasteiger charge is -2.30. The molecule has 34 heavy (non-hydrogen) atoms. The van der Waals surface area contributed by atoms with Crippen molar-refractivity contribution in [3.63, 3.8) is 0 Å². The summed E-state index contributed by atoms with van der Waals surface area (Å²) in [7, 11) is 3.29. The van der Waals surface area contributed by atoms with Crippen molar-refractivity contribution < 1.29 is 19.2 Å². The van der Waals surface area contributed by atoms with Gasteiger partial charge in [-0.2, -0.15) is 0 Å². The summed E-state index contributed by atoms with van der Waals surface area (Å²) in [6, 6.07) is 15.0. The number of likely N-dealkylation sites (tertiary alicyclic amines) is 1. The summed E-state index contributed by atoms with van der Waals surface area (Å²) in [6.07, 6.45) is 0. The Morgan fingerprint density at radius 3 is 2.62 bits per heavy atom. The van der Waals surface area contributed by atoms with E-state index in [1.54, 1.807) is 26.4 Å². The van der Waals surface area contributed by atoms with Crippen LogP contribution < -0.4 is 4.74 Å². The molecular formula is C26H35N3O5. The van der Waals surface area contributed by atoms with Crippen LogP contribution in [0.15, 0.2) is 48.5 Å². The SMILES string of the molecule is COCCN(C[C@@H]1CN(Cc2ccccc2[N+](=O)[O-])C[C@@H]1c1cccc(OC)c1)C(=O)C(C)C. The van der Waals surface area contributed by atoms with Crippen LogP contribution in [0.5, 0.6) is 5.75 Å². The average Bonchev–Trinajstić information content (AvgIpc) is 3.23. The van der Waals surface area contributed by atoms with Gasteiger partial charge in [0.05, 0.1) is 18.6 Å². The number of ether oxygens (including phenoxy) is 2. The van der Waals surface area contributed by atoms with Crippen molar-refractivity contribution in [3.05, 3.63) is 69.8 Å². The van der Waals surface area contributed by atoms with E-state index in [-0.39, 0.29) is 34.3 Å². The lowest BCUT2D eigenvalue weighted by molar-refractivity contribution is -0.385. The Morgan fingerprint density at radius 2 is 1.94 bits per heavy atom. The molecule has 1 heterocycles. The van der Waals surface area contributed by atoms with Gasteiger partial charge in [-0.05, 0) is 23.6 Å². The summed E-state index contributed by atoms with van der Waals surface area (Å²) in [5.41, 5.74) is 1.99. The zero-order chi connectivity index (χ0) is 24.7. The largest absolute Gasteiger partial charge is 0.497 e. The number of carbonyl (C=O) groups is 1. The lowest BCUT2D eigenvalue weighted by atomic mass is 9.88. The molecule has 8 heteroatoms. The second-order valence-corrected chi connectivity index (χ2v) is 9.15. The molecule has 2 atom stereocenters. The third-order valence-corrected chi connectivity index (χ3v) is 6.45. The summed E-state index contributed by atoms with van der Waals surface area (Å²) in [5, 5.41) is 11.5. The number of nitro groups is 1. The molecule has 0 bridgehead atoms.